The topological polar surface area (TPSA) is 15.3 Å². The molecule has 1 aromatic carbocycles. The van der Waals surface area contributed by atoms with Crippen LogP contribution >= 0.6 is 0 Å². The minimum Gasteiger partial charge on any atom is -0.313 e. The van der Waals surface area contributed by atoms with Crippen LogP contribution in [0.15, 0.2) is 24.3 Å². The fourth-order valence-electron chi connectivity index (χ4n) is 2.95. The highest BCUT2D eigenvalue weighted by Gasteiger charge is 2.23. The van der Waals surface area contributed by atoms with Crippen LogP contribution in [0.5, 0.6) is 0 Å². The molecule has 2 nitrogen and oxygen atoms in total. The molecule has 0 bridgehead atoms. The normalized spacial score (nSPS) is 19.9. The molecule has 3 heteroatoms. The van der Waals surface area contributed by atoms with E-state index >= 15 is 0 Å². The molecule has 2 atom stereocenters. The van der Waals surface area contributed by atoms with E-state index in [-0.39, 0.29) is 11.9 Å². The highest BCUT2D eigenvalue weighted by atomic mass is 19.1. The van der Waals surface area contributed by atoms with Crippen molar-refractivity contribution in [1.29, 1.82) is 0 Å². The summed E-state index contributed by atoms with van der Waals surface area (Å²) < 4.78 is 13.8. The second-order valence-corrected chi connectivity index (χ2v) is 5.27. The van der Waals surface area contributed by atoms with Crippen molar-refractivity contribution in [2.45, 2.75) is 25.8 Å². The van der Waals surface area contributed by atoms with Crippen LogP contribution < -0.4 is 5.32 Å². The number of benzene rings is 1. The first-order valence-corrected chi connectivity index (χ1v) is 6.86. The van der Waals surface area contributed by atoms with Crippen molar-refractivity contribution in [3.63, 3.8) is 0 Å². The van der Waals surface area contributed by atoms with Gasteiger partial charge >= 0.3 is 0 Å². The number of nitrogens with zero attached hydrogens (tertiary/aromatic N) is 1. The maximum atomic E-state index is 13.8. The van der Waals surface area contributed by atoms with Crippen molar-refractivity contribution >= 4 is 0 Å². The first kappa shape index (κ1) is 13.5. The summed E-state index contributed by atoms with van der Waals surface area (Å²) in [7, 11) is 1.91. The van der Waals surface area contributed by atoms with Crippen LogP contribution in [0.2, 0.25) is 0 Å². The van der Waals surface area contributed by atoms with Gasteiger partial charge in [0.1, 0.15) is 5.82 Å². The molecule has 0 aromatic heterocycles. The van der Waals surface area contributed by atoms with Crippen molar-refractivity contribution in [3.8, 4) is 0 Å². The van der Waals surface area contributed by atoms with Crippen LogP contribution in [0.3, 0.4) is 0 Å². The fourth-order valence-corrected chi connectivity index (χ4v) is 2.95. The molecule has 2 rings (SSSR count). The minimum absolute atomic E-state index is 0.0896. The summed E-state index contributed by atoms with van der Waals surface area (Å²) in [5.74, 6) is 0.301. The predicted molar refractivity (Wildman–Crippen MR) is 73.0 cm³/mol. The van der Waals surface area contributed by atoms with Gasteiger partial charge in [0.05, 0.1) is 0 Å². The Balaban J connectivity index is 2.05. The van der Waals surface area contributed by atoms with Gasteiger partial charge in [0.25, 0.3) is 0 Å². The molecular formula is C15H23FN2. The van der Waals surface area contributed by atoms with Gasteiger partial charge in [-0.2, -0.15) is 0 Å². The Morgan fingerprint density at radius 3 is 2.56 bits per heavy atom. The monoisotopic (exact) mass is 250 g/mol. The highest BCUT2D eigenvalue weighted by Crippen LogP contribution is 2.25. The van der Waals surface area contributed by atoms with E-state index in [0.717, 1.165) is 12.1 Å². The van der Waals surface area contributed by atoms with Gasteiger partial charge in [-0.15, -0.1) is 0 Å². The van der Waals surface area contributed by atoms with E-state index in [1.165, 1.54) is 25.9 Å². The Labute approximate surface area is 109 Å². The van der Waals surface area contributed by atoms with E-state index in [9.17, 15) is 4.39 Å². The average Bonchev–Trinajstić information content (AvgIpc) is 2.85. The largest absolute Gasteiger partial charge is 0.313 e. The van der Waals surface area contributed by atoms with Gasteiger partial charge in [0, 0.05) is 18.2 Å². The number of nitrogens with one attached hydrogen (secondary N) is 1. The first-order valence-electron chi connectivity index (χ1n) is 6.86. The first-order chi connectivity index (χ1) is 8.72. The van der Waals surface area contributed by atoms with Crippen molar-refractivity contribution in [1.82, 2.24) is 10.2 Å². The molecule has 2 unspecified atom stereocenters. The van der Waals surface area contributed by atoms with E-state index < -0.39 is 0 Å². The van der Waals surface area contributed by atoms with Crippen LogP contribution in [0.4, 0.5) is 4.39 Å². The quantitative estimate of drug-likeness (QED) is 0.864. The van der Waals surface area contributed by atoms with Gasteiger partial charge in [0.15, 0.2) is 0 Å². The zero-order valence-electron chi connectivity index (χ0n) is 11.3. The number of rotatable bonds is 5. The third kappa shape index (κ3) is 3.09. The van der Waals surface area contributed by atoms with E-state index in [4.69, 9.17) is 0 Å². The second-order valence-electron chi connectivity index (χ2n) is 5.27. The van der Waals surface area contributed by atoms with E-state index in [2.05, 4.69) is 17.1 Å². The molecular weight excluding hydrogens is 227 g/mol. The molecule has 0 saturated carbocycles. The fraction of sp³-hybridized carbons (Fsp3) is 0.600. The molecule has 1 fully saturated rings. The molecule has 1 aliphatic heterocycles. The molecule has 1 heterocycles. The van der Waals surface area contributed by atoms with Gasteiger partial charge in [-0.05, 0) is 45.0 Å². The summed E-state index contributed by atoms with van der Waals surface area (Å²) in [6.45, 7) is 5.63. The lowest BCUT2D eigenvalue weighted by atomic mass is 9.93. The van der Waals surface area contributed by atoms with Crippen molar-refractivity contribution < 1.29 is 4.39 Å². The number of hydrogen-bond acceptors (Lipinski definition) is 2. The summed E-state index contributed by atoms with van der Waals surface area (Å²) >= 11 is 0. The molecule has 1 N–H and O–H groups in total. The molecule has 0 aliphatic carbocycles. The van der Waals surface area contributed by atoms with Gasteiger partial charge in [-0.3, -0.25) is 0 Å². The molecule has 0 radical (unpaired) electrons. The average molecular weight is 250 g/mol. The summed E-state index contributed by atoms with van der Waals surface area (Å²) in [6, 6.07) is 7.17. The zero-order valence-corrected chi connectivity index (χ0v) is 11.3. The van der Waals surface area contributed by atoms with Crippen LogP contribution in [0.1, 0.15) is 31.4 Å². The SMILES string of the molecule is CNC(c1ccccc1F)C(C)CN1CCCC1. The van der Waals surface area contributed by atoms with Crippen molar-refractivity contribution in [2.24, 2.45) is 5.92 Å². The summed E-state index contributed by atoms with van der Waals surface area (Å²) in [5, 5.41) is 3.27. The second kappa shape index (κ2) is 6.30. The predicted octanol–water partition coefficient (Wildman–Crippen LogP) is 2.82. The third-order valence-electron chi connectivity index (χ3n) is 3.87. The van der Waals surface area contributed by atoms with Crippen LogP contribution in [0.25, 0.3) is 0 Å². The van der Waals surface area contributed by atoms with Crippen molar-refractivity contribution in [3.05, 3.63) is 35.6 Å². The van der Waals surface area contributed by atoms with Gasteiger partial charge < -0.3 is 10.2 Å². The Bertz CT molecular complexity index is 375. The lowest BCUT2D eigenvalue weighted by Gasteiger charge is -2.28. The molecule has 18 heavy (non-hydrogen) atoms. The Morgan fingerprint density at radius 2 is 1.94 bits per heavy atom. The molecule has 1 aliphatic rings. The maximum Gasteiger partial charge on any atom is 0.127 e. The lowest BCUT2D eigenvalue weighted by molar-refractivity contribution is 0.250. The zero-order chi connectivity index (χ0) is 13.0. The third-order valence-corrected chi connectivity index (χ3v) is 3.87. The Kier molecular flexibility index (Phi) is 4.72. The van der Waals surface area contributed by atoms with Gasteiger partial charge in [-0.1, -0.05) is 25.1 Å². The Hall–Kier alpha value is -0.930. The Morgan fingerprint density at radius 1 is 1.28 bits per heavy atom. The number of hydrogen-bond donors (Lipinski definition) is 1. The molecule has 0 amide bonds. The van der Waals surface area contributed by atoms with Crippen LogP contribution in [-0.4, -0.2) is 31.6 Å². The molecule has 1 saturated heterocycles. The van der Waals surface area contributed by atoms with Crippen molar-refractivity contribution in [2.75, 3.05) is 26.7 Å². The highest BCUT2D eigenvalue weighted by molar-refractivity contribution is 5.21. The molecule has 100 valence electrons. The van der Waals surface area contributed by atoms with E-state index in [0.29, 0.717) is 5.92 Å². The van der Waals surface area contributed by atoms with E-state index in [1.807, 2.05) is 19.2 Å². The standard InChI is InChI=1S/C15H23FN2/c1-12(11-18-9-5-6-10-18)15(17-2)13-7-3-4-8-14(13)16/h3-4,7-8,12,15,17H,5-6,9-11H2,1-2H3. The van der Waals surface area contributed by atoms with Crippen LogP contribution in [0, 0.1) is 11.7 Å². The molecule has 1 aromatic rings. The maximum absolute atomic E-state index is 13.8. The van der Waals surface area contributed by atoms with Gasteiger partial charge in [-0.25, -0.2) is 4.39 Å². The van der Waals surface area contributed by atoms with Gasteiger partial charge in [0.2, 0.25) is 0 Å². The summed E-state index contributed by atoms with van der Waals surface area (Å²) in [5.41, 5.74) is 0.784. The summed E-state index contributed by atoms with van der Waals surface area (Å²) in [4.78, 5) is 2.48. The number of likely N-dealkylation sites (tertiary alicyclic amines) is 1. The summed E-state index contributed by atoms with van der Waals surface area (Å²) in [6.07, 6.45) is 2.60. The lowest BCUT2D eigenvalue weighted by Crippen LogP contribution is -2.33. The molecule has 0 spiro atoms. The number of halogens is 1. The minimum atomic E-state index is -0.106. The van der Waals surface area contributed by atoms with Crippen LogP contribution in [-0.2, 0) is 0 Å². The smallest absolute Gasteiger partial charge is 0.127 e. The van der Waals surface area contributed by atoms with E-state index in [1.54, 1.807) is 12.1 Å².